The predicted octanol–water partition coefficient (Wildman–Crippen LogP) is 4.33. The zero-order valence-electron chi connectivity index (χ0n) is 8.31. The summed E-state index contributed by atoms with van der Waals surface area (Å²) < 4.78 is 0. The van der Waals surface area contributed by atoms with Crippen molar-refractivity contribution in [2.45, 2.75) is 39.5 Å². The van der Waals surface area contributed by atoms with Crippen LogP contribution in [0.4, 0.5) is 0 Å². The van der Waals surface area contributed by atoms with Gasteiger partial charge in [0.1, 0.15) is 0 Å². The number of hydrogen-bond donors (Lipinski definition) is 0. The lowest BCUT2D eigenvalue weighted by atomic mass is 10.2. The van der Waals surface area contributed by atoms with E-state index >= 15 is 0 Å². The minimum Gasteiger partial charge on any atom is -0.162 e. The largest absolute Gasteiger partial charge is 0.162 e. The lowest BCUT2D eigenvalue weighted by molar-refractivity contribution is 0.651. The van der Waals surface area contributed by atoms with E-state index in [1.165, 1.54) is 42.5 Å². The van der Waals surface area contributed by atoms with Crippen molar-refractivity contribution < 1.29 is 0 Å². The zero-order valence-corrected chi connectivity index (χ0v) is 10.7. The van der Waals surface area contributed by atoms with Crippen molar-refractivity contribution in [2.75, 3.05) is 16.8 Å². The van der Waals surface area contributed by atoms with E-state index < -0.39 is 0 Å². The van der Waals surface area contributed by atoms with Crippen LogP contribution in [0.3, 0.4) is 0 Å². The highest BCUT2D eigenvalue weighted by Gasteiger charge is 2.02. The monoisotopic (exact) mass is 252 g/mol. The highest BCUT2D eigenvalue weighted by atomic mass is 79.9. The number of halogens is 1. The standard InChI is InChI=1S/C10H21BrS/c1-3-5-6-7-12-9-10(4-2)8-11/h10H,3-9H2,1-2H3. The van der Waals surface area contributed by atoms with Crippen molar-refractivity contribution >= 4 is 27.7 Å². The molecule has 0 saturated carbocycles. The van der Waals surface area contributed by atoms with Gasteiger partial charge in [0.25, 0.3) is 0 Å². The van der Waals surface area contributed by atoms with Crippen LogP contribution in [0.5, 0.6) is 0 Å². The molecule has 1 atom stereocenters. The van der Waals surface area contributed by atoms with E-state index in [1.54, 1.807) is 0 Å². The van der Waals surface area contributed by atoms with Crippen LogP contribution in [0.15, 0.2) is 0 Å². The third kappa shape index (κ3) is 7.48. The van der Waals surface area contributed by atoms with Crippen molar-refractivity contribution in [1.82, 2.24) is 0 Å². The van der Waals surface area contributed by atoms with Gasteiger partial charge in [-0.05, 0) is 23.8 Å². The Hall–Kier alpha value is 0.830. The van der Waals surface area contributed by atoms with Gasteiger partial charge in [-0.1, -0.05) is 49.0 Å². The smallest absolute Gasteiger partial charge is 0.00674 e. The molecular weight excluding hydrogens is 232 g/mol. The molecule has 0 radical (unpaired) electrons. The SMILES string of the molecule is CCCCCSCC(CC)CBr. The second-order valence-corrected chi connectivity index (χ2v) is 5.01. The number of alkyl halides is 1. The molecule has 2 heteroatoms. The van der Waals surface area contributed by atoms with Gasteiger partial charge in [-0.2, -0.15) is 11.8 Å². The first-order valence-electron chi connectivity index (χ1n) is 4.98. The molecule has 0 aliphatic carbocycles. The molecular formula is C10H21BrS. The summed E-state index contributed by atoms with van der Waals surface area (Å²) in [6.45, 7) is 4.54. The third-order valence-corrected chi connectivity index (χ3v) is 4.24. The second-order valence-electron chi connectivity index (χ2n) is 3.21. The normalized spacial score (nSPS) is 13.2. The number of unbranched alkanes of at least 4 members (excludes halogenated alkanes) is 2. The second kappa shape index (κ2) is 9.91. The summed E-state index contributed by atoms with van der Waals surface area (Å²) in [5.74, 6) is 3.58. The minimum absolute atomic E-state index is 0.886. The van der Waals surface area contributed by atoms with E-state index in [1.807, 2.05) is 0 Å². The average Bonchev–Trinajstić information content (AvgIpc) is 2.11. The summed E-state index contributed by atoms with van der Waals surface area (Å²) in [5, 5.41) is 1.17. The Labute approximate surface area is 90.0 Å². The Morgan fingerprint density at radius 3 is 2.50 bits per heavy atom. The van der Waals surface area contributed by atoms with Crippen LogP contribution in [0.2, 0.25) is 0 Å². The van der Waals surface area contributed by atoms with Gasteiger partial charge in [-0.15, -0.1) is 0 Å². The lowest BCUT2D eigenvalue weighted by Crippen LogP contribution is -2.03. The maximum absolute atomic E-state index is 3.55. The van der Waals surface area contributed by atoms with E-state index in [9.17, 15) is 0 Å². The lowest BCUT2D eigenvalue weighted by Gasteiger charge is -2.09. The van der Waals surface area contributed by atoms with Gasteiger partial charge in [0.05, 0.1) is 0 Å². The Morgan fingerprint density at radius 1 is 1.25 bits per heavy atom. The molecule has 0 N–H and O–H groups in total. The Bertz CT molecular complexity index is 81.9. The van der Waals surface area contributed by atoms with Crippen LogP contribution in [-0.2, 0) is 0 Å². The average molecular weight is 253 g/mol. The van der Waals surface area contributed by atoms with Gasteiger partial charge in [-0.25, -0.2) is 0 Å². The topological polar surface area (TPSA) is 0 Å². The summed E-state index contributed by atoms with van der Waals surface area (Å²) in [6.07, 6.45) is 5.46. The van der Waals surface area contributed by atoms with Crippen LogP contribution >= 0.6 is 27.7 Å². The van der Waals surface area contributed by atoms with Crippen molar-refractivity contribution in [1.29, 1.82) is 0 Å². The molecule has 0 bridgehead atoms. The van der Waals surface area contributed by atoms with Crippen LogP contribution in [0, 0.1) is 5.92 Å². The molecule has 0 rings (SSSR count). The first-order valence-corrected chi connectivity index (χ1v) is 7.26. The van der Waals surface area contributed by atoms with E-state index in [0.29, 0.717) is 0 Å². The maximum atomic E-state index is 3.55. The van der Waals surface area contributed by atoms with Crippen LogP contribution < -0.4 is 0 Å². The molecule has 74 valence electrons. The van der Waals surface area contributed by atoms with Gasteiger partial charge in [-0.3, -0.25) is 0 Å². The zero-order chi connectivity index (χ0) is 9.23. The van der Waals surface area contributed by atoms with Crippen molar-refractivity contribution in [2.24, 2.45) is 5.92 Å². The summed E-state index contributed by atoms with van der Waals surface area (Å²) in [5.41, 5.74) is 0. The fraction of sp³-hybridized carbons (Fsp3) is 1.00. The maximum Gasteiger partial charge on any atom is 0.00674 e. The first-order chi connectivity index (χ1) is 5.85. The minimum atomic E-state index is 0.886. The molecule has 0 aliphatic rings. The summed E-state index contributed by atoms with van der Waals surface area (Å²) in [6, 6.07) is 0. The Kier molecular flexibility index (Phi) is 10.6. The molecule has 1 unspecified atom stereocenters. The van der Waals surface area contributed by atoms with Gasteiger partial charge >= 0.3 is 0 Å². The highest BCUT2D eigenvalue weighted by molar-refractivity contribution is 9.09. The number of rotatable bonds is 8. The molecule has 0 saturated heterocycles. The summed E-state index contributed by atoms with van der Waals surface area (Å²) >= 11 is 5.67. The molecule has 0 aromatic heterocycles. The quantitative estimate of drug-likeness (QED) is 0.458. The van der Waals surface area contributed by atoms with E-state index in [-0.39, 0.29) is 0 Å². The summed E-state index contributed by atoms with van der Waals surface area (Å²) in [4.78, 5) is 0. The number of hydrogen-bond acceptors (Lipinski definition) is 1. The van der Waals surface area contributed by atoms with Crippen LogP contribution in [0.1, 0.15) is 39.5 Å². The van der Waals surface area contributed by atoms with Crippen molar-refractivity contribution in [3.8, 4) is 0 Å². The van der Waals surface area contributed by atoms with E-state index in [0.717, 1.165) is 5.92 Å². The molecule has 0 spiro atoms. The van der Waals surface area contributed by atoms with Crippen molar-refractivity contribution in [3.63, 3.8) is 0 Å². The molecule has 0 fully saturated rings. The van der Waals surface area contributed by atoms with Crippen LogP contribution in [-0.4, -0.2) is 16.8 Å². The molecule has 0 aliphatic heterocycles. The van der Waals surface area contributed by atoms with Crippen molar-refractivity contribution in [3.05, 3.63) is 0 Å². The Balaban J connectivity index is 3.06. The molecule has 12 heavy (non-hydrogen) atoms. The molecule has 0 heterocycles. The molecule has 0 aromatic carbocycles. The fourth-order valence-electron chi connectivity index (χ4n) is 0.976. The first kappa shape index (κ1) is 12.8. The molecule has 0 amide bonds. The molecule has 0 aromatic rings. The summed E-state index contributed by atoms with van der Waals surface area (Å²) in [7, 11) is 0. The van der Waals surface area contributed by atoms with E-state index in [4.69, 9.17) is 0 Å². The van der Waals surface area contributed by atoms with Gasteiger partial charge < -0.3 is 0 Å². The highest BCUT2D eigenvalue weighted by Crippen LogP contribution is 2.15. The third-order valence-electron chi connectivity index (χ3n) is 2.04. The number of thioether (sulfide) groups is 1. The predicted molar refractivity (Wildman–Crippen MR) is 64.4 cm³/mol. The molecule has 0 nitrogen and oxygen atoms in total. The van der Waals surface area contributed by atoms with Crippen LogP contribution in [0.25, 0.3) is 0 Å². The fourth-order valence-corrected chi connectivity index (χ4v) is 3.23. The Morgan fingerprint density at radius 2 is 2.00 bits per heavy atom. The van der Waals surface area contributed by atoms with Gasteiger partial charge in [0.15, 0.2) is 0 Å². The van der Waals surface area contributed by atoms with E-state index in [2.05, 4.69) is 41.5 Å². The van der Waals surface area contributed by atoms with Gasteiger partial charge in [0.2, 0.25) is 0 Å². The van der Waals surface area contributed by atoms with Gasteiger partial charge in [0, 0.05) is 5.33 Å².